The van der Waals surface area contributed by atoms with Gasteiger partial charge in [0.1, 0.15) is 0 Å². The first kappa shape index (κ1) is 30.3. The van der Waals surface area contributed by atoms with Gasteiger partial charge in [-0.25, -0.2) is 0 Å². The predicted octanol–water partition coefficient (Wildman–Crippen LogP) is 5.96. The molecule has 0 radical (unpaired) electrons. The van der Waals surface area contributed by atoms with Crippen LogP contribution in [0, 0.1) is 5.41 Å². The zero-order chi connectivity index (χ0) is 18.4. The normalized spacial score (nSPS) is 10.8. The van der Waals surface area contributed by atoms with Crippen LogP contribution in [0.3, 0.4) is 0 Å². The zero-order valence-electron chi connectivity index (χ0n) is 16.8. The summed E-state index contributed by atoms with van der Waals surface area (Å²) in [4.78, 5) is 0. The van der Waals surface area contributed by atoms with Crippen molar-refractivity contribution in [2.45, 2.75) is 67.3 Å². The van der Waals surface area contributed by atoms with E-state index in [4.69, 9.17) is 0 Å². The van der Waals surface area contributed by atoms with Crippen molar-refractivity contribution in [1.29, 1.82) is 0 Å². The van der Waals surface area contributed by atoms with Crippen LogP contribution < -0.4 is 0 Å². The van der Waals surface area contributed by atoms with E-state index in [1.165, 1.54) is 33.7 Å². The quantitative estimate of drug-likeness (QED) is 0.449. The van der Waals surface area contributed by atoms with Gasteiger partial charge >= 0.3 is 76.2 Å². The first-order valence-corrected chi connectivity index (χ1v) is 9.71. The van der Waals surface area contributed by atoms with Crippen LogP contribution in [0.1, 0.15) is 61.3 Å². The van der Waals surface area contributed by atoms with E-state index < -0.39 is 0 Å². The molecule has 22 heavy (non-hydrogen) atoms. The van der Waals surface area contributed by atoms with Crippen LogP contribution in [0.5, 0.6) is 0 Å². The predicted molar refractivity (Wildman–Crippen MR) is 100 cm³/mol. The monoisotopic (exact) mass is 482 g/mol. The molecule has 0 aliphatic rings. The fourth-order valence-corrected chi connectivity index (χ4v) is 2.60. The fraction of sp³-hybridized carbons (Fsp3) is 1.00. The summed E-state index contributed by atoms with van der Waals surface area (Å²) in [6.07, 6.45) is 2.50. The second kappa shape index (κ2) is 26.3. The van der Waals surface area contributed by atoms with Gasteiger partial charge < -0.3 is 16.0 Å². The van der Waals surface area contributed by atoms with Crippen molar-refractivity contribution in [3.05, 3.63) is 16.0 Å². The van der Waals surface area contributed by atoms with E-state index in [0.29, 0.717) is 11.5 Å². The van der Waals surface area contributed by atoms with Crippen LogP contribution in [-0.2, 0) is 20.9 Å². The van der Waals surface area contributed by atoms with Crippen molar-refractivity contribution in [3.8, 4) is 0 Å². The largest absolute Gasteiger partial charge is 0.665 e. The second-order valence-corrected chi connectivity index (χ2v) is 6.51. The Kier molecular flexibility index (Phi) is 36.3. The SMILES string of the molecule is CCCC([N]=[Ta])C(C)(C)C.CC[N-]C.CC[N-]C.CC[N-]C. The molecule has 0 N–H and O–H groups in total. The molecule has 0 bridgehead atoms. The van der Waals surface area contributed by atoms with Gasteiger partial charge in [0.15, 0.2) is 0 Å². The van der Waals surface area contributed by atoms with E-state index in [-0.39, 0.29) is 0 Å². The maximum absolute atomic E-state index is 4.46. The molecular formula is C17H41N4Ta-3. The van der Waals surface area contributed by atoms with E-state index in [0.717, 1.165) is 19.6 Å². The molecule has 0 aromatic carbocycles. The Bertz CT molecular complexity index is 166. The molecule has 5 heteroatoms. The van der Waals surface area contributed by atoms with Gasteiger partial charge in [-0.15, -0.1) is 0 Å². The van der Waals surface area contributed by atoms with Crippen LogP contribution in [0.4, 0.5) is 0 Å². The number of hydrogen-bond acceptors (Lipinski definition) is 1. The summed E-state index contributed by atoms with van der Waals surface area (Å²) >= 11 is 1.18. The summed E-state index contributed by atoms with van der Waals surface area (Å²) in [5, 5.41) is 11.2. The van der Waals surface area contributed by atoms with E-state index in [1.807, 2.05) is 20.8 Å². The van der Waals surface area contributed by atoms with Crippen LogP contribution in [0.2, 0.25) is 0 Å². The van der Waals surface area contributed by atoms with Crippen molar-refractivity contribution in [1.82, 2.24) is 0 Å². The molecule has 0 aliphatic carbocycles. The molecule has 1 unspecified atom stereocenters. The Morgan fingerprint density at radius 1 is 0.818 bits per heavy atom. The number of nitrogens with zero attached hydrogens (tertiary/aromatic N) is 4. The van der Waals surface area contributed by atoms with E-state index in [9.17, 15) is 0 Å². The number of rotatable bonds is 6. The molecule has 0 aliphatic heterocycles. The zero-order valence-corrected chi connectivity index (χ0v) is 20.1. The van der Waals surface area contributed by atoms with Crippen molar-refractivity contribution in [3.63, 3.8) is 0 Å². The van der Waals surface area contributed by atoms with Crippen molar-refractivity contribution >= 4 is 0 Å². The van der Waals surface area contributed by atoms with Gasteiger partial charge in [0.25, 0.3) is 0 Å². The number of hydrogen-bond donors (Lipinski definition) is 0. The van der Waals surface area contributed by atoms with Crippen molar-refractivity contribution in [2.75, 3.05) is 40.8 Å². The summed E-state index contributed by atoms with van der Waals surface area (Å²) < 4.78 is 4.46. The Hall–Kier alpha value is 0.420. The summed E-state index contributed by atoms with van der Waals surface area (Å²) in [5.74, 6) is 0. The average Bonchev–Trinajstić information content (AvgIpc) is 2.52. The second-order valence-electron chi connectivity index (χ2n) is 5.68. The standard InChI is InChI=1S/C8H17N.3C3H8N.Ta/c1-5-6-7(9)8(2,3)4;3*1-3-4-2;/h7H,5-6H2,1-4H3;3*3H2,1-2H3;/q;3*-1;. The molecular weight excluding hydrogens is 441 g/mol. The van der Waals surface area contributed by atoms with Gasteiger partial charge in [-0.2, -0.15) is 40.8 Å². The van der Waals surface area contributed by atoms with Crippen LogP contribution in [0.25, 0.3) is 16.0 Å². The third kappa shape index (κ3) is 37.0. The molecule has 0 saturated carbocycles. The topological polar surface area (TPSA) is 54.7 Å². The van der Waals surface area contributed by atoms with Gasteiger partial charge in [-0.1, -0.05) is 20.8 Å². The van der Waals surface area contributed by atoms with E-state index in [2.05, 4.69) is 47.0 Å². The summed E-state index contributed by atoms with van der Waals surface area (Å²) in [5.41, 5.74) is 0.380. The minimum Gasteiger partial charge on any atom is -0.665 e. The molecule has 0 fully saturated rings. The van der Waals surface area contributed by atoms with Gasteiger partial charge in [0.05, 0.1) is 0 Å². The minimum absolute atomic E-state index is 0.380. The van der Waals surface area contributed by atoms with Gasteiger partial charge in [0.2, 0.25) is 0 Å². The van der Waals surface area contributed by atoms with Gasteiger partial charge in [-0.3, -0.25) is 0 Å². The third-order valence-electron chi connectivity index (χ3n) is 2.65. The first-order chi connectivity index (χ1) is 10.3. The first-order valence-electron chi connectivity index (χ1n) is 8.27. The van der Waals surface area contributed by atoms with Crippen molar-refractivity contribution < 1.29 is 20.9 Å². The molecule has 0 rings (SSSR count). The molecule has 0 aromatic heterocycles. The summed E-state index contributed by atoms with van der Waals surface area (Å²) in [6.45, 7) is 17.9. The maximum Gasteiger partial charge on any atom is -0.0844 e. The van der Waals surface area contributed by atoms with Gasteiger partial charge in [0, 0.05) is 0 Å². The average molecular weight is 482 g/mol. The minimum atomic E-state index is 0.380. The van der Waals surface area contributed by atoms with Crippen LogP contribution in [-0.4, -0.2) is 46.8 Å². The molecule has 4 nitrogen and oxygen atoms in total. The van der Waals surface area contributed by atoms with Crippen molar-refractivity contribution in [2.24, 2.45) is 8.75 Å². The molecule has 137 valence electrons. The fourth-order valence-electron chi connectivity index (χ4n) is 0.937. The van der Waals surface area contributed by atoms with Crippen LogP contribution >= 0.6 is 0 Å². The molecule has 0 saturated heterocycles. The molecule has 0 heterocycles. The van der Waals surface area contributed by atoms with E-state index >= 15 is 0 Å². The Labute approximate surface area is 153 Å². The molecule has 1 atom stereocenters. The molecule has 0 amide bonds. The maximum atomic E-state index is 4.46. The Balaban J connectivity index is -0.000000112. The van der Waals surface area contributed by atoms with Gasteiger partial charge in [-0.05, 0) is 0 Å². The smallest absolute Gasteiger partial charge is 0.0844 e. The Morgan fingerprint density at radius 3 is 1.14 bits per heavy atom. The Morgan fingerprint density at radius 2 is 1.09 bits per heavy atom. The summed E-state index contributed by atoms with van der Waals surface area (Å²) in [7, 11) is 5.42. The summed E-state index contributed by atoms with van der Waals surface area (Å²) in [6, 6.07) is 0.589. The van der Waals surface area contributed by atoms with Crippen LogP contribution in [0.15, 0.2) is 3.34 Å². The third-order valence-corrected chi connectivity index (χ3v) is 3.65. The van der Waals surface area contributed by atoms with E-state index in [1.54, 1.807) is 21.1 Å². The molecule has 0 aromatic rings. The molecule has 0 spiro atoms.